The third kappa shape index (κ3) is 2.17. The fourth-order valence-corrected chi connectivity index (χ4v) is 1.73. The monoisotopic (exact) mass is 279 g/mol. The van der Waals surface area contributed by atoms with Gasteiger partial charge in [-0.25, -0.2) is 4.39 Å². The van der Waals surface area contributed by atoms with Crippen LogP contribution in [-0.2, 0) is 0 Å². The van der Waals surface area contributed by atoms with E-state index in [1.165, 1.54) is 24.3 Å². The average molecular weight is 280 g/mol. The highest BCUT2D eigenvalue weighted by atomic mass is 79.9. The summed E-state index contributed by atoms with van der Waals surface area (Å²) in [5.74, 6) is -0.593. The van der Waals surface area contributed by atoms with Crippen LogP contribution in [0.25, 0.3) is 0 Å². The number of ketones is 1. The second-order valence-corrected chi connectivity index (χ2v) is 4.02. The van der Waals surface area contributed by atoms with Gasteiger partial charge in [-0.2, -0.15) is 0 Å². The van der Waals surface area contributed by atoms with Crippen molar-refractivity contribution in [3.63, 3.8) is 0 Å². The van der Waals surface area contributed by atoms with Gasteiger partial charge in [-0.15, -0.1) is 0 Å². The molecule has 0 spiro atoms. The summed E-state index contributed by atoms with van der Waals surface area (Å²) in [7, 11) is 0. The fraction of sp³-hybridized carbons (Fsp3) is 0. The van der Waals surface area contributed by atoms with Crippen LogP contribution in [0.5, 0.6) is 0 Å². The molecule has 0 aliphatic heterocycles. The maximum atomic E-state index is 12.7. The molecule has 80 valence electrons. The van der Waals surface area contributed by atoms with Gasteiger partial charge in [-0.1, -0.05) is 0 Å². The standard InChI is InChI=1S/C12H7BrFNO/c13-10-2-1-7-15-11(10)12(16)8-3-5-9(14)6-4-8/h1-7H. The average Bonchev–Trinajstić information content (AvgIpc) is 2.30. The molecule has 0 aliphatic rings. The summed E-state index contributed by atoms with van der Waals surface area (Å²) in [6, 6.07) is 8.86. The smallest absolute Gasteiger partial charge is 0.212 e. The molecule has 4 heteroatoms. The lowest BCUT2D eigenvalue weighted by molar-refractivity contribution is 0.103. The molecular formula is C12H7BrFNO. The van der Waals surface area contributed by atoms with E-state index in [-0.39, 0.29) is 11.6 Å². The van der Waals surface area contributed by atoms with E-state index in [1.807, 2.05) is 0 Å². The van der Waals surface area contributed by atoms with Crippen molar-refractivity contribution >= 4 is 21.7 Å². The van der Waals surface area contributed by atoms with Crippen LogP contribution in [0.4, 0.5) is 4.39 Å². The van der Waals surface area contributed by atoms with Crippen LogP contribution in [0.2, 0.25) is 0 Å². The molecule has 0 bridgehead atoms. The number of nitrogens with zero attached hydrogens (tertiary/aromatic N) is 1. The lowest BCUT2D eigenvalue weighted by atomic mass is 10.1. The number of carbonyl (C=O) groups is 1. The van der Waals surface area contributed by atoms with Crippen molar-refractivity contribution in [3.05, 3.63) is 64.1 Å². The molecule has 0 unspecified atom stereocenters. The highest BCUT2D eigenvalue weighted by molar-refractivity contribution is 9.10. The van der Waals surface area contributed by atoms with Gasteiger partial charge in [0.25, 0.3) is 0 Å². The number of carbonyl (C=O) groups excluding carboxylic acids is 1. The van der Waals surface area contributed by atoms with E-state index in [0.717, 1.165) is 0 Å². The van der Waals surface area contributed by atoms with E-state index in [9.17, 15) is 9.18 Å². The number of halogens is 2. The largest absolute Gasteiger partial charge is 0.287 e. The SMILES string of the molecule is O=C(c1ccc(F)cc1)c1ncccc1Br. The van der Waals surface area contributed by atoms with E-state index >= 15 is 0 Å². The van der Waals surface area contributed by atoms with Gasteiger partial charge in [0.15, 0.2) is 0 Å². The van der Waals surface area contributed by atoms with E-state index in [4.69, 9.17) is 0 Å². The van der Waals surface area contributed by atoms with Crippen molar-refractivity contribution in [3.8, 4) is 0 Å². The molecule has 0 fully saturated rings. The second-order valence-electron chi connectivity index (χ2n) is 3.17. The normalized spacial score (nSPS) is 10.1. The molecule has 2 aromatic rings. The van der Waals surface area contributed by atoms with Crippen LogP contribution in [-0.4, -0.2) is 10.8 Å². The molecular weight excluding hydrogens is 273 g/mol. The summed E-state index contributed by atoms with van der Waals surface area (Å²) in [6.07, 6.45) is 1.54. The number of hydrogen-bond acceptors (Lipinski definition) is 2. The second kappa shape index (κ2) is 4.53. The van der Waals surface area contributed by atoms with Crippen molar-refractivity contribution in [2.45, 2.75) is 0 Å². The van der Waals surface area contributed by atoms with Crippen LogP contribution in [0.3, 0.4) is 0 Å². The zero-order valence-corrected chi connectivity index (χ0v) is 9.74. The predicted octanol–water partition coefficient (Wildman–Crippen LogP) is 3.21. The van der Waals surface area contributed by atoms with Crippen molar-refractivity contribution in [1.29, 1.82) is 0 Å². The first-order chi connectivity index (χ1) is 7.68. The van der Waals surface area contributed by atoms with E-state index in [1.54, 1.807) is 18.3 Å². The zero-order chi connectivity index (χ0) is 11.5. The zero-order valence-electron chi connectivity index (χ0n) is 8.15. The van der Waals surface area contributed by atoms with Crippen molar-refractivity contribution < 1.29 is 9.18 Å². The number of pyridine rings is 1. The Morgan fingerprint density at radius 3 is 2.50 bits per heavy atom. The summed E-state index contributed by atoms with van der Waals surface area (Å²) in [6.45, 7) is 0. The summed E-state index contributed by atoms with van der Waals surface area (Å²) >= 11 is 3.25. The topological polar surface area (TPSA) is 30.0 Å². The quantitative estimate of drug-likeness (QED) is 0.790. The molecule has 1 aromatic carbocycles. The molecule has 1 aromatic heterocycles. The lowest BCUT2D eigenvalue weighted by Crippen LogP contribution is -2.04. The molecule has 0 amide bonds. The first kappa shape index (κ1) is 11.0. The summed E-state index contributed by atoms with van der Waals surface area (Å²) in [5.41, 5.74) is 0.745. The fourth-order valence-electron chi connectivity index (χ4n) is 1.29. The van der Waals surface area contributed by atoms with Crippen LogP contribution in [0.15, 0.2) is 47.1 Å². The first-order valence-electron chi connectivity index (χ1n) is 4.59. The minimum absolute atomic E-state index is 0.229. The number of aromatic nitrogens is 1. The van der Waals surface area contributed by atoms with Gasteiger partial charge in [0.1, 0.15) is 11.5 Å². The molecule has 2 nitrogen and oxygen atoms in total. The van der Waals surface area contributed by atoms with Gasteiger partial charge < -0.3 is 0 Å². The van der Waals surface area contributed by atoms with Gasteiger partial charge in [-0.3, -0.25) is 9.78 Å². The number of rotatable bonds is 2. The van der Waals surface area contributed by atoms with E-state index in [0.29, 0.717) is 15.7 Å². The first-order valence-corrected chi connectivity index (χ1v) is 5.38. The maximum Gasteiger partial charge on any atom is 0.212 e. The summed E-state index contributed by atoms with van der Waals surface area (Å²) < 4.78 is 13.3. The Kier molecular flexibility index (Phi) is 3.10. The van der Waals surface area contributed by atoms with Crippen molar-refractivity contribution in [1.82, 2.24) is 4.98 Å². The molecule has 0 radical (unpaired) electrons. The third-order valence-corrected chi connectivity index (χ3v) is 2.72. The minimum atomic E-state index is -0.364. The molecule has 0 saturated heterocycles. The Balaban J connectivity index is 2.40. The molecule has 0 saturated carbocycles. The lowest BCUT2D eigenvalue weighted by Gasteiger charge is -2.02. The van der Waals surface area contributed by atoms with Crippen molar-refractivity contribution in [2.24, 2.45) is 0 Å². The van der Waals surface area contributed by atoms with Crippen LogP contribution in [0, 0.1) is 5.82 Å². The minimum Gasteiger partial charge on any atom is -0.287 e. The Morgan fingerprint density at radius 1 is 1.19 bits per heavy atom. The van der Waals surface area contributed by atoms with Gasteiger partial charge in [-0.05, 0) is 52.3 Å². The summed E-state index contributed by atoms with van der Waals surface area (Å²) in [5, 5.41) is 0. The Bertz CT molecular complexity index is 525. The van der Waals surface area contributed by atoms with Gasteiger partial charge in [0.05, 0.1) is 0 Å². The van der Waals surface area contributed by atoms with Crippen LogP contribution < -0.4 is 0 Å². The highest BCUT2D eigenvalue weighted by Crippen LogP contribution is 2.17. The third-order valence-electron chi connectivity index (χ3n) is 2.08. The molecule has 0 aliphatic carbocycles. The Labute approximate surface area is 100 Å². The van der Waals surface area contributed by atoms with E-state index < -0.39 is 0 Å². The maximum absolute atomic E-state index is 12.7. The van der Waals surface area contributed by atoms with Crippen LogP contribution in [0.1, 0.15) is 16.1 Å². The van der Waals surface area contributed by atoms with Gasteiger partial charge in [0.2, 0.25) is 5.78 Å². The van der Waals surface area contributed by atoms with E-state index in [2.05, 4.69) is 20.9 Å². The van der Waals surface area contributed by atoms with Gasteiger partial charge >= 0.3 is 0 Å². The Morgan fingerprint density at radius 2 is 1.88 bits per heavy atom. The molecule has 0 N–H and O–H groups in total. The van der Waals surface area contributed by atoms with Crippen molar-refractivity contribution in [2.75, 3.05) is 0 Å². The molecule has 16 heavy (non-hydrogen) atoms. The molecule has 0 atom stereocenters. The molecule has 1 heterocycles. The number of hydrogen-bond donors (Lipinski definition) is 0. The highest BCUT2D eigenvalue weighted by Gasteiger charge is 2.13. The summed E-state index contributed by atoms with van der Waals surface area (Å²) in [4.78, 5) is 16.0. The van der Waals surface area contributed by atoms with Gasteiger partial charge in [0, 0.05) is 16.2 Å². The number of benzene rings is 1. The Hall–Kier alpha value is -1.55. The molecule has 2 rings (SSSR count). The predicted molar refractivity (Wildman–Crippen MR) is 61.8 cm³/mol. The van der Waals surface area contributed by atoms with Crippen LogP contribution >= 0.6 is 15.9 Å².